The lowest BCUT2D eigenvalue weighted by Gasteiger charge is -2.16. The van der Waals surface area contributed by atoms with Crippen molar-refractivity contribution in [3.8, 4) is 5.75 Å². The summed E-state index contributed by atoms with van der Waals surface area (Å²) in [5, 5.41) is 9.52. The first kappa shape index (κ1) is 15.9. The molecule has 0 aliphatic heterocycles. The number of hydrogen-bond donors (Lipinski definition) is 2. The molecule has 0 atom stereocenters. The van der Waals surface area contributed by atoms with Crippen molar-refractivity contribution < 1.29 is 18.3 Å². The van der Waals surface area contributed by atoms with Gasteiger partial charge in [0.15, 0.2) is 0 Å². The number of phenolic OH excluding ortho intramolecular Hbond substituents is 1. The number of para-hydroxylation sites is 1. The largest absolute Gasteiger partial charge is 0.507 e. The third-order valence-electron chi connectivity index (χ3n) is 2.62. The van der Waals surface area contributed by atoms with Gasteiger partial charge < -0.3 is 14.7 Å². The Morgan fingerprint density at radius 3 is 2.63 bits per heavy atom. The van der Waals surface area contributed by atoms with E-state index in [0.717, 1.165) is 6.54 Å². The summed E-state index contributed by atoms with van der Waals surface area (Å²) in [7, 11) is -0.163. The first-order chi connectivity index (χ1) is 8.97. The van der Waals surface area contributed by atoms with E-state index in [9.17, 15) is 13.5 Å². The van der Waals surface area contributed by atoms with E-state index in [1.807, 2.05) is 11.9 Å². The van der Waals surface area contributed by atoms with Gasteiger partial charge in [-0.25, -0.2) is 13.1 Å². The quantitative estimate of drug-likeness (QED) is 0.717. The van der Waals surface area contributed by atoms with Crippen LogP contribution in [0.1, 0.15) is 0 Å². The second-order valence-electron chi connectivity index (χ2n) is 4.16. The molecule has 0 spiro atoms. The molecule has 0 fully saturated rings. The fourth-order valence-corrected chi connectivity index (χ4v) is 2.61. The second-order valence-corrected chi connectivity index (χ2v) is 5.90. The average molecular weight is 288 g/mol. The number of likely N-dealkylation sites (N-methyl/N-ethyl adjacent to an activating group) is 1. The van der Waals surface area contributed by atoms with Gasteiger partial charge in [0.25, 0.3) is 0 Å². The van der Waals surface area contributed by atoms with Gasteiger partial charge in [-0.05, 0) is 19.2 Å². The Kier molecular flexibility index (Phi) is 6.23. The Bertz CT molecular complexity index is 490. The van der Waals surface area contributed by atoms with Crippen LogP contribution in [0.4, 0.5) is 0 Å². The molecule has 0 aromatic heterocycles. The van der Waals surface area contributed by atoms with E-state index in [1.165, 1.54) is 12.1 Å². The molecule has 0 amide bonds. The van der Waals surface area contributed by atoms with Crippen molar-refractivity contribution in [2.24, 2.45) is 0 Å². The summed E-state index contributed by atoms with van der Waals surface area (Å²) in [6.45, 7) is 2.17. The predicted molar refractivity (Wildman–Crippen MR) is 72.7 cm³/mol. The predicted octanol–water partition coefficient (Wildman–Crippen LogP) is 0.249. The molecule has 7 heteroatoms. The van der Waals surface area contributed by atoms with E-state index in [4.69, 9.17) is 4.74 Å². The number of sulfonamides is 1. The van der Waals surface area contributed by atoms with Crippen molar-refractivity contribution >= 4 is 10.0 Å². The molecular formula is C12H20N2O4S. The molecule has 1 aromatic carbocycles. The molecule has 0 saturated carbocycles. The fraction of sp³-hybridized carbons (Fsp3) is 0.500. The molecule has 0 bridgehead atoms. The molecule has 0 aliphatic carbocycles. The Labute approximate surface area is 114 Å². The summed E-state index contributed by atoms with van der Waals surface area (Å²) in [4.78, 5) is 1.85. The second kappa shape index (κ2) is 7.44. The zero-order valence-electron chi connectivity index (χ0n) is 11.2. The topological polar surface area (TPSA) is 78.9 Å². The van der Waals surface area contributed by atoms with Gasteiger partial charge >= 0.3 is 0 Å². The maximum atomic E-state index is 11.9. The fourth-order valence-electron chi connectivity index (χ4n) is 1.49. The van der Waals surface area contributed by atoms with Crippen LogP contribution in [0.3, 0.4) is 0 Å². The van der Waals surface area contributed by atoms with Crippen LogP contribution in [0, 0.1) is 0 Å². The first-order valence-corrected chi connectivity index (χ1v) is 7.41. The van der Waals surface area contributed by atoms with Gasteiger partial charge in [-0.2, -0.15) is 0 Å². The van der Waals surface area contributed by atoms with Gasteiger partial charge in [0.2, 0.25) is 10.0 Å². The summed E-state index contributed by atoms with van der Waals surface area (Å²) in [5.74, 6) is -0.247. The number of phenols is 1. The summed E-state index contributed by atoms with van der Waals surface area (Å²) in [6, 6.07) is 5.86. The van der Waals surface area contributed by atoms with Crippen molar-refractivity contribution in [3.05, 3.63) is 24.3 Å². The molecule has 0 unspecified atom stereocenters. The summed E-state index contributed by atoms with van der Waals surface area (Å²) in [5.41, 5.74) is 0. The van der Waals surface area contributed by atoms with E-state index in [1.54, 1.807) is 19.2 Å². The molecule has 0 aliphatic rings. The number of methoxy groups -OCH3 is 1. The third kappa shape index (κ3) is 5.15. The third-order valence-corrected chi connectivity index (χ3v) is 4.13. The maximum Gasteiger partial charge on any atom is 0.244 e. The van der Waals surface area contributed by atoms with Crippen molar-refractivity contribution in [1.29, 1.82) is 0 Å². The van der Waals surface area contributed by atoms with E-state index in [2.05, 4.69) is 4.72 Å². The van der Waals surface area contributed by atoms with Crippen LogP contribution in [-0.4, -0.2) is 58.8 Å². The van der Waals surface area contributed by atoms with Crippen LogP contribution in [0.5, 0.6) is 5.75 Å². The normalized spacial score (nSPS) is 11.9. The molecule has 108 valence electrons. The van der Waals surface area contributed by atoms with Gasteiger partial charge in [0.05, 0.1) is 6.61 Å². The highest BCUT2D eigenvalue weighted by molar-refractivity contribution is 7.89. The van der Waals surface area contributed by atoms with E-state index >= 15 is 0 Å². The van der Waals surface area contributed by atoms with Crippen molar-refractivity contribution in [2.45, 2.75) is 4.90 Å². The number of hydrogen-bond acceptors (Lipinski definition) is 5. The molecule has 0 saturated heterocycles. The summed E-state index contributed by atoms with van der Waals surface area (Å²) >= 11 is 0. The summed E-state index contributed by atoms with van der Waals surface area (Å²) in [6.07, 6.45) is 0. The van der Waals surface area contributed by atoms with Gasteiger partial charge in [-0.15, -0.1) is 0 Å². The van der Waals surface area contributed by atoms with Crippen LogP contribution < -0.4 is 4.72 Å². The molecule has 0 radical (unpaired) electrons. The van der Waals surface area contributed by atoms with E-state index in [-0.39, 0.29) is 17.2 Å². The highest BCUT2D eigenvalue weighted by atomic mass is 32.2. The van der Waals surface area contributed by atoms with Crippen molar-refractivity contribution in [3.63, 3.8) is 0 Å². The Morgan fingerprint density at radius 2 is 2.00 bits per heavy atom. The Morgan fingerprint density at radius 1 is 1.32 bits per heavy atom. The van der Waals surface area contributed by atoms with Crippen molar-refractivity contribution in [1.82, 2.24) is 9.62 Å². The molecule has 6 nitrogen and oxygen atoms in total. The lowest BCUT2D eigenvalue weighted by molar-refractivity contribution is 0.162. The number of nitrogens with zero attached hydrogens (tertiary/aromatic N) is 1. The molecular weight excluding hydrogens is 268 g/mol. The molecule has 2 N–H and O–H groups in total. The van der Waals surface area contributed by atoms with Crippen LogP contribution in [0.2, 0.25) is 0 Å². The number of benzene rings is 1. The maximum absolute atomic E-state index is 11.9. The van der Waals surface area contributed by atoms with Gasteiger partial charge in [0.1, 0.15) is 10.6 Å². The number of ether oxygens (including phenoxy) is 1. The van der Waals surface area contributed by atoms with E-state index < -0.39 is 10.0 Å². The zero-order chi connectivity index (χ0) is 14.3. The van der Waals surface area contributed by atoms with Gasteiger partial charge in [-0.1, -0.05) is 12.1 Å². The monoisotopic (exact) mass is 288 g/mol. The molecule has 1 rings (SSSR count). The number of rotatable bonds is 8. The van der Waals surface area contributed by atoms with E-state index in [0.29, 0.717) is 13.2 Å². The minimum absolute atomic E-state index is 0.102. The molecule has 0 heterocycles. The highest BCUT2D eigenvalue weighted by Gasteiger charge is 2.17. The van der Waals surface area contributed by atoms with Crippen LogP contribution in [-0.2, 0) is 14.8 Å². The Hall–Kier alpha value is -1.15. The molecule has 19 heavy (non-hydrogen) atoms. The smallest absolute Gasteiger partial charge is 0.244 e. The minimum Gasteiger partial charge on any atom is -0.507 e. The number of aromatic hydroxyl groups is 1. The standard InChI is InChI=1S/C12H20N2O4S/c1-14(9-10-18-2)8-7-13-19(16,17)12-6-4-3-5-11(12)15/h3-6,13,15H,7-10H2,1-2H3. The van der Waals surface area contributed by atoms with Gasteiger partial charge in [-0.3, -0.25) is 0 Å². The zero-order valence-corrected chi connectivity index (χ0v) is 12.0. The SMILES string of the molecule is COCCN(C)CCNS(=O)(=O)c1ccccc1O. The number of nitrogens with one attached hydrogen (secondary N) is 1. The van der Waals surface area contributed by atoms with Crippen LogP contribution in [0.15, 0.2) is 29.2 Å². The molecule has 1 aromatic rings. The lowest BCUT2D eigenvalue weighted by Crippen LogP contribution is -2.34. The Balaban J connectivity index is 2.51. The van der Waals surface area contributed by atoms with Gasteiger partial charge in [0, 0.05) is 26.7 Å². The van der Waals surface area contributed by atoms with Crippen LogP contribution >= 0.6 is 0 Å². The minimum atomic E-state index is -3.67. The average Bonchev–Trinajstić information content (AvgIpc) is 2.36. The van der Waals surface area contributed by atoms with Crippen LogP contribution in [0.25, 0.3) is 0 Å². The lowest BCUT2D eigenvalue weighted by atomic mass is 10.3. The first-order valence-electron chi connectivity index (χ1n) is 5.92. The summed E-state index contributed by atoms with van der Waals surface area (Å²) < 4.78 is 31.3. The highest BCUT2D eigenvalue weighted by Crippen LogP contribution is 2.20. The van der Waals surface area contributed by atoms with Crippen molar-refractivity contribution in [2.75, 3.05) is 40.4 Å².